The number of fused-ring (bicyclic) bond motifs is 3. The number of rotatable bonds is 5. The monoisotopic (exact) mass is 539 g/mol. The second kappa shape index (κ2) is 9.62. The Bertz CT molecular complexity index is 1400. The molecule has 5 rings (SSSR count). The van der Waals surface area contributed by atoms with E-state index in [1.54, 1.807) is 0 Å². The zero-order chi connectivity index (χ0) is 22.8. The van der Waals surface area contributed by atoms with Crippen molar-refractivity contribution in [1.29, 1.82) is 0 Å². The SMILES string of the molecule is CCC(Sc1nnc2c(n1)[nH]c1ccccc12)C(=O)NC1=NN=C(c2ccc(Br)cc2)CS1. The number of nitrogens with one attached hydrogen (secondary N) is 2. The molecule has 0 aliphatic carbocycles. The number of amidine groups is 1. The number of para-hydroxylation sites is 1. The highest BCUT2D eigenvalue weighted by Crippen LogP contribution is 2.26. The van der Waals surface area contributed by atoms with Crippen LogP contribution in [0.5, 0.6) is 0 Å². The fraction of sp³-hybridized carbons (Fsp3) is 0.182. The van der Waals surface area contributed by atoms with E-state index in [4.69, 9.17) is 0 Å². The van der Waals surface area contributed by atoms with Gasteiger partial charge in [-0.05, 0) is 30.2 Å². The third-order valence-corrected chi connectivity index (χ3v) is 7.65. The molecule has 0 bridgehead atoms. The summed E-state index contributed by atoms with van der Waals surface area (Å²) >= 11 is 6.18. The van der Waals surface area contributed by atoms with Crippen molar-refractivity contribution in [3.8, 4) is 0 Å². The fourth-order valence-corrected chi connectivity index (χ4v) is 5.19. The summed E-state index contributed by atoms with van der Waals surface area (Å²) in [6.45, 7) is 1.95. The van der Waals surface area contributed by atoms with Crippen LogP contribution in [-0.2, 0) is 4.79 Å². The highest BCUT2D eigenvalue weighted by molar-refractivity contribution is 9.10. The van der Waals surface area contributed by atoms with Crippen LogP contribution in [0.4, 0.5) is 0 Å². The van der Waals surface area contributed by atoms with Crippen LogP contribution in [0, 0.1) is 0 Å². The Kier molecular flexibility index (Phi) is 6.43. The molecule has 1 unspecified atom stereocenters. The molecule has 0 spiro atoms. The van der Waals surface area contributed by atoms with Gasteiger partial charge in [-0.3, -0.25) is 4.79 Å². The summed E-state index contributed by atoms with van der Waals surface area (Å²) in [6.07, 6.45) is 0.607. The van der Waals surface area contributed by atoms with Crippen molar-refractivity contribution in [2.45, 2.75) is 23.8 Å². The zero-order valence-electron chi connectivity index (χ0n) is 17.4. The first kappa shape index (κ1) is 22.1. The summed E-state index contributed by atoms with van der Waals surface area (Å²) in [7, 11) is 0. The highest BCUT2D eigenvalue weighted by Gasteiger charge is 2.23. The molecule has 2 aromatic carbocycles. The van der Waals surface area contributed by atoms with Gasteiger partial charge >= 0.3 is 0 Å². The largest absolute Gasteiger partial charge is 0.338 e. The third kappa shape index (κ3) is 4.80. The smallest absolute Gasteiger partial charge is 0.239 e. The van der Waals surface area contributed by atoms with Gasteiger partial charge in [0.2, 0.25) is 11.1 Å². The number of nitrogens with zero attached hydrogens (tertiary/aromatic N) is 5. The van der Waals surface area contributed by atoms with Gasteiger partial charge in [-0.2, -0.15) is 5.10 Å². The Morgan fingerprint density at radius 3 is 2.76 bits per heavy atom. The first-order valence-corrected chi connectivity index (χ1v) is 12.9. The zero-order valence-corrected chi connectivity index (χ0v) is 20.7. The number of aromatic amines is 1. The van der Waals surface area contributed by atoms with Gasteiger partial charge in [0, 0.05) is 21.1 Å². The summed E-state index contributed by atoms with van der Waals surface area (Å²) in [5, 5.41) is 21.5. The summed E-state index contributed by atoms with van der Waals surface area (Å²) in [4.78, 5) is 20.7. The number of hydrogen-bond donors (Lipinski definition) is 2. The maximum absolute atomic E-state index is 12.9. The number of benzene rings is 2. The molecule has 4 aromatic rings. The van der Waals surface area contributed by atoms with Crippen molar-refractivity contribution in [2.24, 2.45) is 10.2 Å². The number of halogens is 1. The molecule has 11 heteroatoms. The van der Waals surface area contributed by atoms with Gasteiger partial charge in [-0.15, -0.1) is 15.3 Å². The maximum atomic E-state index is 12.9. The van der Waals surface area contributed by atoms with Crippen LogP contribution >= 0.6 is 39.5 Å². The average molecular weight is 540 g/mol. The molecule has 166 valence electrons. The van der Waals surface area contributed by atoms with E-state index in [1.165, 1.54) is 23.5 Å². The standard InChI is InChI=1S/C22H18BrN7OS2/c1-2-17(33-22-25-19-18(28-30-22)14-5-3-4-6-15(14)24-19)20(31)26-21-29-27-16(11-32-21)12-7-9-13(23)10-8-12/h3-10,17H,2,11H2,1H3,(H,24,25,30)(H,26,29,31). The molecule has 2 N–H and O–H groups in total. The lowest BCUT2D eigenvalue weighted by molar-refractivity contribution is -0.119. The molecular weight excluding hydrogens is 522 g/mol. The Balaban J connectivity index is 1.28. The lowest BCUT2D eigenvalue weighted by atomic mass is 10.1. The summed E-state index contributed by atoms with van der Waals surface area (Å²) < 4.78 is 1.01. The number of aromatic nitrogens is 4. The van der Waals surface area contributed by atoms with E-state index >= 15 is 0 Å². The Labute approximate surface area is 206 Å². The van der Waals surface area contributed by atoms with Crippen LogP contribution in [0.3, 0.4) is 0 Å². The normalized spacial score (nSPS) is 14.7. The van der Waals surface area contributed by atoms with E-state index in [9.17, 15) is 4.79 Å². The van der Waals surface area contributed by atoms with E-state index in [2.05, 4.69) is 51.6 Å². The predicted molar refractivity (Wildman–Crippen MR) is 138 cm³/mol. The first-order chi connectivity index (χ1) is 16.1. The molecule has 8 nitrogen and oxygen atoms in total. The molecule has 3 heterocycles. The molecule has 1 atom stereocenters. The lowest BCUT2D eigenvalue weighted by Gasteiger charge is -2.16. The lowest BCUT2D eigenvalue weighted by Crippen LogP contribution is -2.37. The van der Waals surface area contributed by atoms with E-state index in [1.807, 2.05) is 55.5 Å². The first-order valence-electron chi connectivity index (χ1n) is 10.2. The topological polar surface area (TPSA) is 108 Å². The van der Waals surface area contributed by atoms with Crippen molar-refractivity contribution >= 4 is 78.3 Å². The van der Waals surface area contributed by atoms with Crippen LogP contribution in [0.2, 0.25) is 0 Å². The Morgan fingerprint density at radius 1 is 1.18 bits per heavy atom. The molecule has 0 fully saturated rings. The number of amides is 1. The second-order valence-electron chi connectivity index (χ2n) is 7.21. The second-order valence-corrected chi connectivity index (χ2v) is 10.3. The van der Waals surface area contributed by atoms with E-state index in [-0.39, 0.29) is 11.2 Å². The summed E-state index contributed by atoms with van der Waals surface area (Å²) in [5.41, 5.74) is 4.22. The number of carbonyl (C=O) groups is 1. The molecule has 33 heavy (non-hydrogen) atoms. The van der Waals surface area contributed by atoms with Crippen LogP contribution in [0.15, 0.2) is 68.4 Å². The third-order valence-electron chi connectivity index (χ3n) is 5.03. The Morgan fingerprint density at radius 2 is 2.00 bits per heavy atom. The van der Waals surface area contributed by atoms with Gasteiger partial charge < -0.3 is 10.3 Å². The van der Waals surface area contributed by atoms with Crippen molar-refractivity contribution in [3.63, 3.8) is 0 Å². The molecule has 0 saturated carbocycles. The molecule has 2 aromatic heterocycles. The fourth-order valence-electron chi connectivity index (χ4n) is 3.34. The van der Waals surface area contributed by atoms with Gasteiger partial charge in [-0.25, -0.2) is 4.98 Å². The minimum atomic E-state index is -0.381. The van der Waals surface area contributed by atoms with Crippen LogP contribution in [0.25, 0.3) is 22.1 Å². The number of hydrogen-bond acceptors (Lipinski definition) is 8. The summed E-state index contributed by atoms with van der Waals surface area (Å²) in [5.74, 6) is 0.478. The van der Waals surface area contributed by atoms with E-state index < -0.39 is 0 Å². The van der Waals surface area contributed by atoms with Crippen molar-refractivity contribution in [2.75, 3.05) is 5.75 Å². The molecule has 0 saturated heterocycles. The molecule has 1 aliphatic heterocycles. The number of carbonyl (C=O) groups excluding carboxylic acids is 1. The highest BCUT2D eigenvalue weighted by atomic mass is 79.9. The van der Waals surface area contributed by atoms with E-state index in [0.29, 0.717) is 28.1 Å². The van der Waals surface area contributed by atoms with Gasteiger partial charge in [0.1, 0.15) is 5.52 Å². The maximum Gasteiger partial charge on any atom is 0.239 e. The summed E-state index contributed by atoms with van der Waals surface area (Å²) in [6, 6.07) is 15.8. The minimum Gasteiger partial charge on any atom is -0.338 e. The van der Waals surface area contributed by atoms with Crippen molar-refractivity contribution in [3.05, 3.63) is 58.6 Å². The molecule has 1 amide bonds. The van der Waals surface area contributed by atoms with Crippen LogP contribution in [-0.4, -0.2) is 48.0 Å². The van der Waals surface area contributed by atoms with Gasteiger partial charge in [0.15, 0.2) is 10.8 Å². The van der Waals surface area contributed by atoms with E-state index in [0.717, 1.165) is 32.2 Å². The molecule has 0 radical (unpaired) electrons. The minimum absolute atomic E-state index is 0.156. The molecule has 1 aliphatic rings. The number of thioether (sulfide) groups is 2. The molecular formula is C22H18BrN7OS2. The number of H-pyrrole nitrogens is 1. The quantitative estimate of drug-likeness (QED) is 0.354. The van der Waals surface area contributed by atoms with Gasteiger partial charge in [0.05, 0.1) is 11.0 Å². The van der Waals surface area contributed by atoms with Gasteiger partial charge in [-0.1, -0.05) is 76.7 Å². The predicted octanol–water partition coefficient (Wildman–Crippen LogP) is 4.76. The average Bonchev–Trinajstić information content (AvgIpc) is 3.21. The van der Waals surface area contributed by atoms with Gasteiger partial charge in [0.25, 0.3) is 0 Å². The van der Waals surface area contributed by atoms with Crippen molar-refractivity contribution < 1.29 is 4.79 Å². The van der Waals surface area contributed by atoms with Crippen molar-refractivity contribution in [1.82, 2.24) is 25.5 Å². The van der Waals surface area contributed by atoms with Crippen LogP contribution in [0.1, 0.15) is 18.9 Å². The Hall–Kier alpha value is -2.76. The van der Waals surface area contributed by atoms with Crippen LogP contribution < -0.4 is 5.32 Å².